The molecule has 1 saturated carbocycles. The summed E-state index contributed by atoms with van der Waals surface area (Å²) in [7, 11) is 2.95. The van der Waals surface area contributed by atoms with Crippen molar-refractivity contribution >= 4 is 27.8 Å². The van der Waals surface area contributed by atoms with Crippen LogP contribution in [0.3, 0.4) is 0 Å². The first-order valence-electron chi connectivity index (χ1n) is 8.18. The van der Waals surface area contributed by atoms with Crippen molar-refractivity contribution < 1.29 is 23.5 Å². The first-order chi connectivity index (χ1) is 11.8. The first-order valence-corrected chi connectivity index (χ1v) is 8.97. The maximum Gasteiger partial charge on any atom is 0.331 e. The number of amides is 1. The summed E-state index contributed by atoms with van der Waals surface area (Å²) in [5.41, 5.74) is -0.0391. The van der Waals surface area contributed by atoms with Gasteiger partial charge < -0.3 is 14.8 Å². The number of esters is 1. The highest BCUT2D eigenvalue weighted by Crippen LogP contribution is 2.31. The number of carbonyl (C=O) groups is 2. The second kappa shape index (κ2) is 8.27. The summed E-state index contributed by atoms with van der Waals surface area (Å²) in [5, 5.41) is 2.84. The van der Waals surface area contributed by atoms with E-state index in [9.17, 15) is 14.0 Å². The van der Waals surface area contributed by atoms with Gasteiger partial charge in [0.25, 0.3) is 0 Å². The third-order valence-corrected chi connectivity index (χ3v) is 5.30. The highest BCUT2D eigenvalue weighted by molar-refractivity contribution is 9.10. The number of nitrogens with one attached hydrogen (secondary N) is 1. The SMILES string of the molecule is COC(=O)C1(NC(=O)Cc2cc(Br)cc(F)c2C)CCC(OC)CC1. The predicted molar refractivity (Wildman–Crippen MR) is 94.7 cm³/mol. The molecule has 25 heavy (non-hydrogen) atoms. The van der Waals surface area contributed by atoms with Crippen LogP contribution < -0.4 is 5.32 Å². The molecule has 138 valence electrons. The summed E-state index contributed by atoms with van der Waals surface area (Å²) < 4.78 is 24.7. The van der Waals surface area contributed by atoms with Gasteiger partial charge in [0.05, 0.1) is 19.6 Å². The standard InChI is InChI=1S/C18H23BrFNO4/c1-11-12(8-13(19)10-15(11)20)9-16(22)21-18(17(23)25-3)6-4-14(24-2)5-7-18/h8,10,14H,4-7,9H2,1-3H3,(H,21,22). The van der Waals surface area contributed by atoms with Gasteiger partial charge in [0.1, 0.15) is 11.4 Å². The predicted octanol–water partition coefficient (Wildman–Crippen LogP) is 3.06. The minimum atomic E-state index is -1.04. The van der Waals surface area contributed by atoms with E-state index in [1.54, 1.807) is 20.1 Å². The average molecular weight is 416 g/mol. The fourth-order valence-corrected chi connectivity index (χ4v) is 3.74. The second-order valence-corrected chi connectivity index (χ2v) is 7.32. The van der Waals surface area contributed by atoms with Crippen LogP contribution in [0.15, 0.2) is 16.6 Å². The van der Waals surface area contributed by atoms with Crippen LogP contribution in [0.5, 0.6) is 0 Å². The molecule has 0 radical (unpaired) electrons. The van der Waals surface area contributed by atoms with E-state index in [-0.39, 0.29) is 24.2 Å². The molecular weight excluding hydrogens is 393 g/mol. The Morgan fingerprint density at radius 2 is 1.96 bits per heavy atom. The van der Waals surface area contributed by atoms with E-state index in [4.69, 9.17) is 9.47 Å². The molecule has 0 spiro atoms. The largest absolute Gasteiger partial charge is 0.467 e. The monoisotopic (exact) mass is 415 g/mol. The molecular formula is C18H23BrFNO4. The van der Waals surface area contributed by atoms with Gasteiger partial charge in [-0.2, -0.15) is 0 Å². The fourth-order valence-electron chi connectivity index (χ4n) is 3.26. The summed E-state index contributed by atoms with van der Waals surface area (Å²) in [6.07, 6.45) is 2.31. The molecule has 0 aliphatic heterocycles. The molecule has 1 aromatic rings. The maximum absolute atomic E-state index is 13.8. The highest BCUT2D eigenvalue weighted by Gasteiger charge is 2.44. The van der Waals surface area contributed by atoms with Crippen LogP contribution in [0.2, 0.25) is 0 Å². The fraction of sp³-hybridized carbons (Fsp3) is 0.556. The maximum atomic E-state index is 13.8. The molecule has 0 saturated heterocycles. The molecule has 1 amide bonds. The lowest BCUT2D eigenvalue weighted by Crippen LogP contribution is -2.57. The van der Waals surface area contributed by atoms with Crippen molar-refractivity contribution in [2.45, 2.75) is 50.7 Å². The van der Waals surface area contributed by atoms with Gasteiger partial charge in [-0.15, -0.1) is 0 Å². The van der Waals surface area contributed by atoms with Crippen molar-refractivity contribution in [3.8, 4) is 0 Å². The van der Waals surface area contributed by atoms with Crippen LogP contribution in [0.4, 0.5) is 4.39 Å². The van der Waals surface area contributed by atoms with Gasteiger partial charge in [-0.1, -0.05) is 15.9 Å². The number of carbonyl (C=O) groups excluding carboxylic acids is 2. The molecule has 7 heteroatoms. The molecule has 0 atom stereocenters. The minimum Gasteiger partial charge on any atom is -0.467 e. The van der Waals surface area contributed by atoms with E-state index in [2.05, 4.69) is 21.2 Å². The molecule has 5 nitrogen and oxygen atoms in total. The Kier molecular flexibility index (Phi) is 6.57. The zero-order valence-corrected chi connectivity index (χ0v) is 16.2. The van der Waals surface area contributed by atoms with Crippen molar-refractivity contribution in [3.63, 3.8) is 0 Å². The lowest BCUT2D eigenvalue weighted by atomic mass is 9.80. The molecule has 1 aliphatic rings. The van der Waals surface area contributed by atoms with E-state index in [1.165, 1.54) is 13.2 Å². The molecule has 1 aromatic carbocycles. The Hall–Kier alpha value is -1.47. The zero-order valence-electron chi connectivity index (χ0n) is 14.7. The number of hydrogen-bond acceptors (Lipinski definition) is 4. The van der Waals surface area contributed by atoms with Gasteiger partial charge in [-0.25, -0.2) is 9.18 Å². The van der Waals surface area contributed by atoms with E-state index in [0.29, 0.717) is 41.3 Å². The Bertz CT molecular complexity index is 657. The van der Waals surface area contributed by atoms with Gasteiger partial charge in [0, 0.05) is 11.6 Å². The van der Waals surface area contributed by atoms with Crippen LogP contribution in [0.1, 0.15) is 36.8 Å². The van der Waals surface area contributed by atoms with E-state index in [0.717, 1.165) is 0 Å². The quantitative estimate of drug-likeness (QED) is 0.750. The summed E-state index contributed by atoms with van der Waals surface area (Å²) in [6, 6.07) is 3.07. The average Bonchev–Trinajstić information content (AvgIpc) is 2.59. The molecule has 1 N–H and O–H groups in total. The van der Waals surface area contributed by atoms with Gasteiger partial charge in [-0.05, 0) is 55.9 Å². The molecule has 0 bridgehead atoms. The zero-order chi connectivity index (χ0) is 18.6. The normalized spacial score (nSPS) is 23.2. The van der Waals surface area contributed by atoms with Gasteiger partial charge >= 0.3 is 5.97 Å². The van der Waals surface area contributed by atoms with Gasteiger partial charge in [0.15, 0.2) is 0 Å². The van der Waals surface area contributed by atoms with Crippen LogP contribution in [0, 0.1) is 12.7 Å². The second-order valence-electron chi connectivity index (χ2n) is 6.41. The van der Waals surface area contributed by atoms with Crippen molar-refractivity contribution in [1.29, 1.82) is 0 Å². The lowest BCUT2D eigenvalue weighted by Gasteiger charge is -2.38. The Balaban J connectivity index is 2.14. The van der Waals surface area contributed by atoms with Crippen LogP contribution in [0.25, 0.3) is 0 Å². The smallest absolute Gasteiger partial charge is 0.331 e. The highest BCUT2D eigenvalue weighted by atomic mass is 79.9. The van der Waals surface area contributed by atoms with E-state index in [1.807, 2.05) is 0 Å². The molecule has 1 aliphatic carbocycles. The van der Waals surface area contributed by atoms with Crippen molar-refractivity contribution in [1.82, 2.24) is 5.32 Å². The topological polar surface area (TPSA) is 64.6 Å². The molecule has 2 rings (SSSR count). The van der Waals surface area contributed by atoms with Crippen molar-refractivity contribution in [2.75, 3.05) is 14.2 Å². The number of ether oxygens (including phenoxy) is 2. The summed E-state index contributed by atoms with van der Waals surface area (Å²) in [4.78, 5) is 24.8. The van der Waals surface area contributed by atoms with E-state index >= 15 is 0 Å². The van der Waals surface area contributed by atoms with Crippen molar-refractivity contribution in [3.05, 3.63) is 33.5 Å². The van der Waals surface area contributed by atoms with Crippen LogP contribution in [-0.4, -0.2) is 37.7 Å². The molecule has 1 fully saturated rings. The van der Waals surface area contributed by atoms with Gasteiger partial charge in [-0.3, -0.25) is 4.79 Å². The lowest BCUT2D eigenvalue weighted by molar-refractivity contribution is -0.153. The Morgan fingerprint density at radius 1 is 1.32 bits per heavy atom. The van der Waals surface area contributed by atoms with Crippen molar-refractivity contribution in [2.24, 2.45) is 0 Å². The Labute approximate surface area is 155 Å². The summed E-state index contributed by atoms with van der Waals surface area (Å²) >= 11 is 3.24. The van der Waals surface area contributed by atoms with Gasteiger partial charge in [0.2, 0.25) is 5.91 Å². The molecule has 0 heterocycles. The van der Waals surface area contributed by atoms with E-state index < -0.39 is 11.5 Å². The number of methoxy groups -OCH3 is 2. The minimum absolute atomic E-state index is 0.00531. The summed E-state index contributed by atoms with van der Waals surface area (Å²) in [5.74, 6) is -1.16. The third kappa shape index (κ3) is 4.58. The first kappa shape index (κ1) is 19.8. The third-order valence-electron chi connectivity index (χ3n) is 4.84. The Morgan fingerprint density at radius 3 is 2.52 bits per heavy atom. The molecule has 0 aromatic heterocycles. The number of halogens is 2. The molecule has 0 unspecified atom stereocenters. The van der Waals surface area contributed by atoms with Crippen LogP contribution in [-0.2, 0) is 25.5 Å². The van der Waals surface area contributed by atoms with Crippen LogP contribution >= 0.6 is 15.9 Å². The number of benzene rings is 1. The number of hydrogen-bond donors (Lipinski definition) is 1. The summed E-state index contributed by atoms with van der Waals surface area (Å²) in [6.45, 7) is 1.63. The number of rotatable bonds is 5.